The van der Waals surface area contributed by atoms with Crippen molar-refractivity contribution < 1.29 is 4.79 Å². The third kappa shape index (κ3) is 2.44. The Balaban J connectivity index is 2.00. The van der Waals surface area contributed by atoms with E-state index in [4.69, 9.17) is 5.73 Å². The Bertz CT molecular complexity index is 541. The van der Waals surface area contributed by atoms with Crippen LogP contribution in [0.4, 0.5) is 11.5 Å². The fraction of sp³-hybridized carbons (Fsp3) is 0.300. The fourth-order valence-corrected chi connectivity index (χ4v) is 1.39. The average Bonchev–Trinajstić information content (AvgIpc) is 2.79. The molecule has 0 fully saturated rings. The minimum Gasteiger partial charge on any atom is -0.396 e. The topological polar surface area (TPSA) is 102 Å². The molecule has 4 N–H and O–H groups in total. The molecular formula is C10H14N6O. The lowest BCUT2D eigenvalue weighted by Crippen LogP contribution is -2.19. The van der Waals surface area contributed by atoms with Gasteiger partial charge in [0.2, 0.25) is 5.91 Å². The van der Waals surface area contributed by atoms with Crippen LogP contribution in [0.2, 0.25) is 0 Å². The summed E-state index contributed by atoms with van der Waals surface area (Å²) in [4.78, 5) is 11.7. The Labute approximate surface area is 98.0 Å². The van der Waals surface area contributed by atoms with E-state index >= 15 is 0 Å². The maximum absolute atomic E-state index is 11.7. The van der Waals surface area contributed by atoms with Gasteiger partial charge < -0.3 is 11.1 Å². The van der Waals surface area contributed by atoms with Gasteiger partial charge in [-0.15, -0.1) is 0 Å². The number of nitrogens with zero attached hydrogens (tertiary/aromatic N) is 3. The number of aryl methyl sites for hydroxylation is 1. The van der Waals surface area contributed by atoms with Gasteiger partial charge in [0.1, 0.15) is 6.54 Å². The second-order valence-electron chi connectivity index (χ2n) is 3.84. The van der Waals surface area contributed by atoms with Gasteiger partial charge in [-0.3, -0.25) is 14.6 Å². The number of nitrogens with one attached hydrogen (secondary N) is 2. The highest BCUT2D eigenvalue weighted by Crippen LogP contribution is 2.13. The van der Waals surface area contributed by atoms with Crippen molar-refractivity contribution in [3.05, 3.63) is 23.7 Å². The number of carbonyl (C=O) groups excluding carboxylic acids is 1. The van der Waals surface area contributed by atoms with Crippen LogP contribution in [-0.2, 0) is 11.3 Å². The third-order valence-corrected chi connectivity index (χ3v) is 2.47. The molecule has 2 heterocycles. The first-order valence-corrected chi connectivity index (χ1v) is 5.15. The zero-order chi connectivity index (χ0) is 12.4. The normalized spacial score (nSPS) is 10.5. The lowest BCUT2D eigenvalue weighted by atomic mass is 10.3. The predicted molar refractivity (Wildman–Crippen MR) is 63.3 cm³/mol. The summed E-state index contributed by atoms with van der Waals surface area (Å²) in [5, 5.41) is 13.4. The molecule has 1 amide bonds. The van der Waals surface area contributed by atoms with Crippen LogP contribution in [0.3, 0.4) is 0 Å². The van der Waals surface area contributed by atoms with Gasteiger partial charge in [-0.2, -0.15) is 10.2 Å². The van der Waals surface area contributed by atoms with E-state index in [-0.39, 0.29) is 12.5 Å². The van der Waals surface area contributed by atoms with Crippen LogP contribution in [0.5, 0.6) is 0 Å². The van der Waals surface area contributed by atoms with E-state index in [1.807, 2.05) is 13.8 Å². The van der Waals surface area contributed by atoms with Gasteiger partial charge in [-0.25, -0.2) is 0 Å². The molecule has 0 saturated carbocycles. The Morgan fingerprint density at radius 3 is 2.88 bits per heavy atom. The smallest absolute Gasteiger partial charge is 0.247 e. The number of hydrogen-bond donors (Lipinski definition) is 3. The summed E-state index contributed by atoms with van der Waals surface area (Å²) >= 11 is 0. The molecule has 2 rings (SSSR count). The number of H-pyrrole nitrogens is 1. The van der Waals surface area contributed by atoms with Crippen LogP contribution >= 0.6 is 0 Å². The Morgan fingerprint density at radius 2 is 2.35 bits per heavy atom. The van der Waals surface area contributed by atoms with E-state index in [9.17, 15) is 4.79 Å². The van der Waals surface area contributed by atoms with Crippen molar-refractivity contribution in [3.63, 3.8) is 0 Å². The fourth-order valence-electron chi connectivity index (χ4n) is 1.39. The van der Waals surface area contributed by atoms with Gasteiger partial charge in [0.15, 0.2) is 5.82 Å². The van der Waals surface area contributed by atoms with Crippen LogP contribution in [0.15, 0.2) is 12.4 Å². The molecule has 0 spiro atoms. The number of aromatic amines is 1. The maximum atomic E-state index is 11.7. The molecule has 0 bridgehead atoms. The van der Waals surface area contributed by atoms with E-state index in [1.165, 1.54) is 10.9 Å². The van der Waals surface area contributed by atoms with E-state index < -0.39 is 0 Å². The number of rotatable bonds is 3. The summed E-state index contributed by atoms with van der Waals surface area (Å²) in [6.07, 6.45) is 3.10. The maximum Gasteiger partial charge on any atom is 0.247 e. The zero-order valence-corrected chi connectivity index (χ0v) is 9.69. The molecule has 17 heavy (non-hydrogen) atoms. The molecular weight excluding hydrogens is 220 g/mol. The molecule has 0 unspecified atom stereocenters. The van der Waals surface area contributed by atoms with Gasteiger partial charge in [-0.05, 0) is 13.8 Å². The van der Waals surface area contributed by atoms with Crippen molar-refractivity contribution in [3.8, 4) is 0 Å². The summed E-state index contributed by atoms with van der Waals surface area (Å²) in [6.45, 7) is 3.90. The molecule has 0 aliphatic rings. The van der Waals surface area contributed by atoms with Gasteiger partial charge in [-0.1, -0.05) is 0 Å². The van der Waals surface area contributed by atoms with Gasteiger partial charge in [0, 0.05) is 17.5 Å². The van der Waals surface area contributed by atoms with Gasteiger partial charge in [0.25, 0.3) is 0 Å². The highest BCUT2D eigenvalue weighted by Gasteiger charge is 2.10. The SMILES string of the molecule is Cc1[nH]nc(NC(=O)Cn2cc(N)cn2)c1C. The Hall–Kier alpha value is -2.31. The number of nitrogens with two attached hydrogens (primary N) is 1. The molecule has 90 valence electrons. The van der Waals surface area contributed by atoms with Crippen molar-refractivity contribution in [1.29, 1.82) is 0 Å². The molecule has 7 heteroatoms. The van der Waals surface area contributed by atoms with Crippen molar-refractivity contribution in [2.75, 3.05) is 11.1 Å². The summed E-state index contributed by atoms with van der Waals surface area (Å²) in [7, 11) is 0. The molecule has 0 atom stereocenters. The van der Waals surface area contributed by atoms with Crippen molar-refractivity contribution in [2.24, 2.45) is 0 Å². The molecule has 2 aromatic rings. The van der Waals surface area contributed by atoms with E-state index in [0.717, 1.165) is 11.3 Å². The number of aromatic nitrogens is 4. The largest absolute Gasteiger partial charge is 0.396 e. The van der Waals surface area contributed by atoms with Crippen LogP contribution in [-0.4, -0.2) is 25.9 Å². The zero-order valence-electron chi connectivity index (χ0n) is 9.69. The standard InChI is InChI=1S/C10H14N6O/c1-6-7(2)14-15-10(6)13-9(17)5-16-4-8(11)3-12-16/h3-4H,5,11H2,1-2H3,(H2,13,14,15,17). The first-order chi connectivity index (χ1) is 8.06. The van der Waals surface area contributed by atoms with Crippen molar-refractivity contribution in [1.82, 2.24) is 20.0 Å². The summed E-state index contributed by atoms with van der Waals surface area (Å²) in [6, 6.07) is 0. The quantitative estimate of drug-likeness (QED) is 0.717. The number of hydrogen-bond acceptors (Lipinski definition) is 4. The molecule has 0 aliphatic carbocycles. The van der Waals surface area contributed by atoms with Crippen LogP contribution < -0.4 is 11.1 Å². The Kier molecular flexibility index (Phi) is 2.82. The monoisotopic (exact) mass is 234 g/mol. The first-order valence-electron chi connectivity index (χ1n) is 5.15. The van der Waals surface area contributed by atoms with Gasteiger partial charge in [0.05, 0.1) is 11.9 Å². The van der Waals surface area contributed by atoms with Crippen LogP contribution in [0.1, 0.15) is 11.3 Å². The number of carbonyl (C=O) groups is 1. The van der Waals surface area contributed by atoms with Crippen LogP contribution in [0.25, 0.3) is 0 Å². The van der Waals surface area contributed by atoms with E-state index in [0.29, 0.717) is 11.5 Å². The highest BCUT2D eigenvalue weighted by atomic mass is 16.2. The second kappa shape index (κ2) is 4.28. The number of anilines is 2. The average molecular weight is 234 g/mol. The molecule has 0 aromatic carbocycles. The van der Waals surface area contributed by atoms with E-state index in [1.54, 1.807) is 6.20 Å². The molecule has 7 nitrogen and oxygen atoms in total. The van der Waals surface area contributed by atoms with Crippen molar-refractivity contribution >= 4 is 17.4 Å². The first kappa shape index (κ1) is 11.2. The third-order valence-electron chi connectivity index (χ3n) is 2.47. The van der Waals surface area contributed by atoms with E-state index in [2.05, 4.69) is 20.6 Å². The number of nitrogen functional groups attached to an aromatic ring is 1. The van der Waals surface area contributed by atoms with Crippen molar-refractivity contribution in [2.45, 2.75) is 20.4 Å². The summed E-state index contributed by atoms with van der Waals surface area (Å²) < 4.78 is 1.47. The lowest BCUT2D eigenvalue weighted by molar-refractivity contribution is -0.116. The Morgan fingerprint density at radius 1 is 1.59 bits per heavy atom. The summed E-state index contributed by atoms with van der Waals surface area (Å²) in [5.74, 6) is 0.357. The number of amides is 1. The lowest BCUT2D eigenvalue weighted by Gasteiger charge is -2.03. The minimum absolute atomic E-state index is 0.114. The molecule has 2 aromatic heterocycles. The summed E-state index contributed by atoms with van der Waals surface area (Å²) in [5.41, 5.74) is 7.90. The molecule has 0 aliphatic heterocycles. The van der Waals surface area contributed by atoms with Crippen LogP contribution in [0, 0.1) is 13.8 Å². The van der Waals surface area contributed by atoms with Gasteiger partial charge >= 0.3 is 0 Å². The second-order valence-corrected chi connectivity index (χ2v) is 3.84. The predicted octanol–water partition coefficient (Wildman–Crippen LogP) is 0.444. The highest BCUT2D eigenvalue weighted by molar-refractivity contribution is 5.90. The molecule has 0 radical (unpaired) electrons. The molecule has 0 saturated heterocycles. The minimum atomic E-state index is -0.192.